The van der Waals surface area contributed by atoms with Crippen molar-refractivity contribution in [3.8, 4) is 11.5 Å². The van der Waals surface area contributed by atoms with E-state index in [1.807, 2.05) is 19.9 Å². The number of hydrogen-bond donors (Lipinski definition) is 2. The summed E-state index contributed by atoms with van der Waals surface area (Å²) in [5, 5.41) is 0. The van der Waals surface area contributed by atoms with Crippen LogP contribution in [0.5, 0.6) is 11.5 Å². The molecule has 0 aromatic heterocycles. The molecule has 0 saturated carbocycles. The highest BCUT2D eigenvalue weighted by atomic mass is 19.4. The van der Waals surface area contributed by atoms with Crippen molar-refractivity contribution in [3.05, 3.63) is 46.5 Å². The number of carbonyl (C=O) groups is 1. The zero-order valence-electron chi connectivity index (χ0n) is 23.0. The molecule has 13 heteroatoms. The van der Waals surface area contributed by atoms with Crippen molar-refractivity contribution in [2.75, 3.05) is 31.7 Å². The van der Waals surface area contributed by atoms with Crippen molar-refractivity contribution in [2.24, 2.45) is 0 Å². The maximum Gasteiger partial charge on any atom is 0.471 e. The van der Waals surface area contributed by atoms with Gasteiger partial charge in [-0.3, -0.25) is 9.69 Å². The number of rotatable bonds is 4. The number of halogens is 6. The number of fused-ring (bicyclic) bond motifs is 2. The summed E-state index contributed by atoms with van der Waals surface area (Å²) in [6, 6.07) is 6.74. The van der Waals surface area contributed by atoms with Gasteiger partial charge in [-0.2, -0.15) is 26.3 Å². The summed E-state index contributed by atoms with van der Waals surface area (Å²) >= 11 is 0. The molecule has 222 valence electrons. The van der Waals surface area contributed by atoms with Crippen LogP contribution in [0, 0.1) is 0 Å². The van der Waals surface area contributed by atoms with Gasteiger partial charge in [-0.1, -0.05) is 0 Å². The van der Waals surface area contributed by atoms with Gasteiger partial charge in [-0.15, -0.1) is 0 Å². The first kappa shape index (κ1) is 31.2. The Morgan fingerprint density at radius 2 is 1.55 bits per heavy atom. The molecule has 4 N–H and O–H groups in total. The first-order valence-corrected chi connectivity index (χ1v) is 12.6. The Balaban J connectivity index is 0.000000220. The van der Waals surface area contributed by atoms with Gasteiger partial charge in [-0.05, 0) is 80.6 Å². The molecule has 0 bridgehead atoms. The summed E-state index contributed by atoms with van der Waals surface area (Å²) in [4.78, 5) is 13.7. The number of alkyl halides is 6. The molecular formula is C27H34F6N4O3. The first-order valence-electron chi connectivity index (χ1n) is 12.6. The van der Waals surface area contributed by atoms with E-state index in [0.717, 1.165) is 16.0 Å². The Hall–Kier alpha value is -3.35. The van der Waals surface area contributed by atoms with Crippen LogP contribution in [-0.4, -0.2) is 54.4 Å². The number of nitrogens with zero attached hydrogens (tertiary/aromatic N) is 2. The maximum atomic E-state index is 12.7. The first-order chi connectivity index (χ1) is 18.3. The Labute approximate surface area is 229 Å². The zero-order valence-corrected chi connectivity index (χ0v) is 23.0. The minimum Gasteiger partial charge on any atom is -0.495 e. The van der Waals surface area contributed by atoms with Crippen LogP contribution in [0.15, 0.2) is 24.3 Å². The summed E-state index contributed by atoms with van der Waals surface area (Å²) in [5.41, 5.74) is 14.6. The average Bonchev–Trinajstić information content (AvgIpc) is 3.06. The molecule has 0 atom stereocenters. The summed E-state index contributed by atoms with van der Waals surface area (Å²) in [6.45, 7) is 6.59. The Morgan fingerprint density at radius 1 is 0.950 bits per heavy atom. The van der Waals surface area contributed by atoms with Crippen LogP contribution < -0.4 is 20.9 Å². The fraction of sp³-hybridized carbons (Fsp3) is 0.519. The van der Waals surface area contributed by atoms with Crippen molar-refractivity contribution < 1.29 is 40.6 Å². The number of methoxy groups -OCH3 is 1. The largest absolute Gasteiger partial charge is 0.495 e. The molecule has 2 heterocycles. The molecule has 2 aliphatic rings. The molecule has 7 nitrogen and oxygen atoms in total. The van der Waals surface area contributed by atoms with Gasteiger partial charge in [0.15, 0.2) is 0 Å². The SMILES string of the molecule is CC(C)Oc1cc2c(cc1N)CCN(CC(F)(F)F)C2.COc1cc2c(cc1N)CN(C(=O)C(F)(F)F)C2(C)C. The molecule has 0 unspecified atom stereocenters. The van der Waals surface area contributed by atoms with E-state index in [1.54, 1.807) is 32.0 Å². The van der Waals surface area contributed by atoms with Crippen LogP contribution in [-0.2, 0) is 29.8 Å². The van der Waals surface area contributed by atoms with Gasteiger partial charge in [0.2, 0.25) is 0 Å². The van der Waals surface area contributed by atoms with E-state index in [2.05, 4.69) is 0 Å². The molecule has 2 aromatic carbocycles. The Bertz CT molecular complexity index is 1240. The molecule has 1 amide bonds. The van der Waals surface area contributed by atoms with Crippen LogP contribution in [0.3, 0.4) is 0 Å². The van der Waals surface area contributed by atoms with E-state index < -0.39 is 30.3 Å². The zero-order chi connectivity index (χ0) is 30.2. The lowest BCUT2D eigenvalue weighted by atomic mass is 9.93. The smallest absolute Gasteiger partial charge is 0.471 e. The van der Waals surface area contributed by atoms with Gasteiger partial charge in [0.25, 0.3) is 0 Å². The predicted molar refractivity (Wildman–Crippen MR) is 139 cm³/mol. The number of anilines is 2. The maximum absolute atomic E-state index is 12.7. The van der Waals surface area contributed by atoms with E-state index in [0.29, 0.717) is 47.0 Å². The third-order valence-electron chi connectivity index (χ3n) is 6.79. The van der Waals surface area contributed by atoms with Gasteiger partial charge >= 0.3 is 18.3 Å². The van der Waals surface area contributed by atoms with Gasteiger partial charge in [-0.25, -0.2) is 0 Å². The lowest BCUT2D eigenvalue weighted by Crippen LogP contribution is -2.46. The molecule has 40 heavy (non-hydrogen) atoms. The molecule has 0 fully saturated rings. The average molecular weight is 577 g/mol. The highest BCUT2D eigenvalue weighted by molar-refractivity contribution is 5.84. The van der Waals surface area contributed by atoms with Crippen LogP contribution in [0.1, 0.15) is 49.9 Å². The molecule has 0 spiro atoms. The second-order valence-corrected chi connectivity index (χ2v) is 10.6. The number of hydrogen-bond acceptors (Lipinski definition) is 6. The fourth-order valence-electron chi connectivity index (χ4n) is 4.92. The third-order valence-corrected chi connectivity index (χ3v) is 6.79. The van der Waals surface area contributed by atoms with E-state index in [-0.39, 0.29) is 19.2 Å². The number of carbonyl (C=O) groups excluding carboxylic acids is 1. The van der Waals surface area contributed by atoms with Crippen molar-refractivity contribution in [2.45, 2.75) is 71.2 Å². The van der Waals surface area contributed by atoms with Gasteiger partial charge in [0.1, 0.15) is 11.5 Å². The summed E-state index contributed by atoms with van der Waals surface area (Å²) in [6.07, 6.45) is -8.50. The highest BCUT2D eigenvalue weighted by Crippen LogP contribution is 2.44. The van der Waals surface area contributed by atoms with E-state index in [9.17, 15) is 31.1 Å². The minimum atomic E-state index is -4.89. The third kappa shape index (κ3) is 7.04. The molecule has 2 aromatic rings. The van der Waals surface area contributed by atoms with E-state index in [4.69, 9.17) is 20.9 Å². The highest BCUT2D eigenvalue weighted by Gasteiger charge is 2.50. The Morgan fingerprint density at radius 3 is 2.10 bits per heavy atom. The lowest BCUT2D eigenvalue weighted by molar-refractivity contribution is -0.191. The molecule has 0 aliphatic carbocycles. The molecular weight excluding hydrogens is 542 g/mol. The van der Waals surface area contributed by atoms with Crippen LogP contribution in [0.25, 0.3) is 0 Å². The van der Waals surface area contributed by atoms with Gasteiger partial charge in [0.05, 0.1) is 36.7 Å². The van der Waals surface area contributed by atoms with E-state index >= 15 is 0 Å². The van der Waals surface area contributed by atoms with Gasteiger partial charge < -0.3 is 25.8 Å². The summed E-state index contributed by atoms with van der Waals surface area (Å²) < 4.78 is 85.9. The van der Waals surface area contributed by atoms with Crippen LogP contribution >= 0.6 is 0 Å². The monoisotopic (exact) mass is 576 g/mol. The summed E-state index contributed by atoms with van der Waals surface area (Å²) in [7, 11) is 1.43. The van der Waals surface area contributed by atoms with Crippen LogP contribution in [0.2, 0.25) is 0 Å². The molecule has 4 rings (SSSR count). The number of ether oxygens (including phenoxy) is 2. The standard InChI is InChI=1S/C14H19F3N2O.C13H15F3N2O2/c1-9(2)20-13-6-11-7-19(8-14(15,16)17)4-3-10(11)5-12(13)18;1-12(2)8-5-10(20-3)9(17)4-7(8)6-18(12)11(19)13(14,15)16/h5-6,9H,3-4,7-8,18H2,1-2H3;4-5H,6,17H2,1-3H3. The molecule has 0 saturated heterocycles. The molecule has 2 aliphatic heterocycles. The number of nitrogens with two attached hydrogens (primary N) is 2. The Kier molecular flexibility index (Phi) is 8.78. The second-order valence-electron chi connectivity index (χ2n) is 10.6. The normalized spacial score (nSPS) is 16.6. The minimum absolute atomic E-state index is 0.0229. The van der Waals surface area contributed by atoms with E-state index in [1.165, 1.54) is 12.0 Å². The predicted octanol–water partition coefficient (Wildman–Crippen LogP) is 5.39. The van der Waals surface area contributed by atoms with Gasteiger partial charge in [0, 0.05) is 19.6 Å². The molecule has 0 radical (unpaired) electrons. The topological polar surface area (TPSA) is 94.0 Å². The summed E-state index contributed by atoms with van der Waals surface area (Å²) in [5.74, 6) is -0.915. The van der Waals surface area contributed by atoms with Crippen molar-refractivity contribution in [3.63, 3.8) is 0 Å². The number of amides is 1. The lowest BCUT2D eigenvalue weighted by Gasteiger charge is -2.33. The van der Waals surface area contributed by atoms with Crippen molar-refractivity contribution >= 4 is 17.3 Å². The van der Waals surface area contributed by atoms with Crippen molar-refractivity contribution in [1.82, 2.24) is 9.80 Å². The van der Waals surface area contributed by atoms with Crippen LogP contribution in [0.4, 0.5) is 37.7 Å². The fourth-order valence-corrected chi connectivity index (χ4v) is 4.92. The number of nitrogen functional groups attached to an aromatic ring is 2. The van der Waals surface area contributed by atoms with Crippen molar-refractivity contribution in [1.29, 1.82) is 0 Å². The quantitative estimate of drug-likeness (QED) is 0.374. The number of benzene rings is 2. The second kappa shape index (κ2) is 11.3.